The number of alkyl halides is 1. The Morgan fingerprint density at radius 3 is 2.83 bits per heavy atom. The summed E-state index contributed by atoms with van der Waals surface area (Å²) in [6.07, 6.45) is 5.46. The van der Waals surface area contributed by atoms with Crippen molar-refractivity contribution in [2.24, 2.45) is 5.92 Å². The number of imidazole rings is 1. The van der Waals surface area contributed by atoms with E-state index in [2.05, 4.69) is 30.6 Å². The van der Waals surface area contributed by atoms with Crippen LogP contribution in [0.4, 0.5) is 21.8 Å². The van der Waals surface area contributed by atoms with E-state index in [1.807, 2.05) is 19.9 Å². The van der Waals surface area contributed by atoms with Gasteiger partial charge in [-0.3, -0.25) is 14.3 Å². The van der Waals surface area contributed by atoms with Gasteiger partial charge < -0.3 is 15.7 Å². The Hall–Kier alpha value is -3.40. The maximum absolute atomic E-state index is 13.1. The second-order valence-corrected chi connectivity index (χ2v) is 7.20. The minimum atomic E-state index is -1.07. The molecule has 0 bridgehead atoms. The van der Waals surface area contributed by atoms with Crippen LogP contribution in [0.5, 0.6) is 0 Å². The van der Waals surface area contributed by atoms with Gasteiger partial charge in [-0.25, -0.2) is 19.3 Å². The minimum Gasteiger partial charge on any atom is -0.387 e. The lowest BCUT2D eigenvalue weighted by atomic mass is 10.1. The van der Waals surface area contributed by atoms with Crippen LogP contribution in [0.2, 0.25) is 0 Å². The van der Waals surface area contributed by atoms with Crippen LogP contribution in [-0.4, -0.2) is 41.7 Å². The fraction of sp³-hybridized carbons (Fsp3) is 0.350. The molecule has 1 aliphatic rings. The van der Waals surface area contributed by atoms with Crippen LogP contribution in [0, 0.1) is 12.8 Å². The molecule has 9 nitrogen and oxygen atoms in total. The highest BCUT2D eigenvalue weighted by Gasteiger charge is 2.43. The van der Waals surface area contributed by atoms with Crippen molar-refractivity contribution in [1.29, 1.82) is 0 Å². The van der Waals surface area contributed by atoms with Gasteiger partial charge in [-0.05, 0) is 31.4 Å². The zero-order valence-electron chi connectivity index (χ0n) is 16.6. The third-order valence-corrected chi connectivity index (χ3v) is 4.95. The summed E-state index contributed by atoms with van der Waals surface area (Å²) in [5.74, 6) is 0.285. The van der Waals surface area contributed by atoms with Crippen LogP contribution in [0.1, 0.15) is 37.1 Å². The number of hydrogen-bond donors (Lipinski definition) is 3. The Labute approximate surface area is 172 Å². The molecule has 156 valence electrons. The molecule has 3 heterocycles. The molecular weight excluding hydrogens is 389 g/mol. The Kier molecular flexibility index (Phi) is 5.40. The van der Waals surface area contributed by atoms with Gasteiger partial charge in [0.25, 0.3) is 0 Å². The van der Waals surface area contributed by atoms with E-state index in [1.54, 1.807) is 29.2 Å². The first-order valence-corrected chi connectivity index (χ1v) is 9.68. The number of pyridine rings is 1. The summed E-state index contributed by atoms with van der Waals surface area (Å²) in [6, 6.07) is 3.42. The Morgan fingerprint density at radius 2 is 2.13 bits per heavy atom. The van der Waals surface area contributed by atoms with Crippen molar-refractivity contribution in [3.8, 4) is 5.82 Å². The predicted molar refractivity (Wildman–Crippen MR) is 108 cm³/mol. The van der Waals surface area contributed by atoms with Gasteiger partial charge in [0.15, 0.2) is 0 Å². The monoisotopic (exact) mass is 411 g/mol. The second-order valence-electron chi connectivity index (χ2n) is 7.20. The molecule has 1 aliphatic carbocycles. The molecule has 0 spiro atoms. The predicted octanol–water partition coefficient (Wildman–Crippen LogP) is 2.85. The molecule has 30 heavy (non-hydrogen) atoms. The molecule has 0 radical (unpaired) electrons. The van der Waals surface area contributed by atoms with Crippen molar-refractivity contribution < 1.29 is 14.3 Å². The SMILES string of the molecule is CC[C@H](O)c1cc(C)c(Nc2nccn2-c2cc(NC(=O)[C@H]3C[C@H]3F)ncn2)cn1. The fourth-order valence-electron chi connectivity index (χ4n) is 3.00. The van der Waals surface area contributed by atoms with Gasteiger partial charge in [-0.2, -0.15) is 0 Å². The van der Waals surface area contributed by atoms with Crippen LogP contribution in [0.25, 0.3) is 5.82 Å². The van der Waals surface area contributed by atoms with Crippen molar-refractivity contribution in [2.75, 3.05) is 10.6 Å². The average molecular weight is 411 g/mol. The first-order valence-electron chi connectivity index (χ1n) is 9.68. The summed E-state index contributed by atoms with van der Waals surface area (Å²) >= 11 is 0. The first-order chi connectivity index (χ1) is 14.5. The highest BCUT2D eigenvalue weighted by molar-refractivity contribution is 5.94. The molecule has 1 amide bonds. The molecular formula is C20H22FN7O2. The second kappa shape index (κ2) is 8.15. The van der Waals surface area contributed by atoms with Gasteiger partial charge in [-0.1, -0.05) is 6.92 Å². The molecule has 10 heteroatoms. The number of nitrogens with one attached hydrogen (secondary N) is 2. The van der Waals surface area contributed by atoms with Gasteiger partial charge in [0.1, 0.15) is 24.1 Å². The highest BCUT2D eigenvalue weighted by atomic mass is 19.1. The fourth-order valence-corrected chi connectivity index (χ4v) is 3.00. The van der Waals surface area contributed by atoms with Crippen molar-refractivity contribution in [3.05, 3.63) is 48.3 Å². The molecule has 4 rings (SSSR count). The van der Waals surface area contributed by atoms with Crippen molar-refractivity contribution in [2.45, 2.75) is 39.0 Å². The zero-order chi connectivity index (χ0) is 21.3. The molecule has 3 atom stereocenters. The van der Waals surface area contributed by atoms with Crippen LogP contribution in [-0.2, 0) is 4.79 Å². The molecule has 0 aliphatic heterocycles. The first kappa shape index (κ1) is 19.9. The third-order valence-electron chi connectivity index (χ3n) is 4.95. The number of hydrogen-bond acceptors (Lipinski definition) is 7. The average Bonchev–Trinajstić information content (AvgIpc) is 3.30. The molecule has 3 aromatic rings. The van der Waals surface area contributed by atoms with Gasteiger partial charge in [0.05, 0.1) is 29.6 Å². The zero-order valence-corrected chi connectivity index (χ0v) is 16.6. The standard InChI is InChI=1S/C20H22FN7O2/c1-3-16(29)14-6-11(2)15(9-23-14)26-20-22-4-5-28(20)18-8-17(24-10-25-18)27-19(30)12-7-13(12)21/h4-6,8-10,12-13,16,29H,3,7H2,1-2H3,(H,22,26)(H,24,25,27,30)/t12-,13+,16-/m0/s1. The number of aliphatic hydroxyl groups is 1. The summed E-state index contributed by atoms with van der Waals surface area (Å²) < 4.78 is 14.8. The number of aromatic nitrogens is 5. The number of aryl methyl sites for hydroxylation is 1. The highest BCUT2D eigenvalue weighted by Crippen LogP contribution is 2.34. The number of anilines is 3. The van der Waals surface area contributed by atoms with E-state index in [0.717, 1.165) is 11.3 Å². The lowest BCUT2D eigenvalue weighted by Crippen LogP contribution is -2.16. The molecule has 1 fully saturated rings. The largest absolute Gasteiger partial charge is 0.387 e. The van der Waals surface area contributed by atoms with Gasteiger partial charge in [0, 0.05) is 18.5 Å². The number of nitrogens with zero attached hydrogens (tertiary/aromatic N) is 5. The van der Waals surface area contributed by atoms with Crippen molar-refractivity contribution in [1.82, 2.24) is 24.5 Å². The summed E-state index contributed by atoms with van der Waals surface area (Å²) in [4.78, 5) is 28.9. The maximum atomic E-state index is 13.1. The van der Waals surface area contributed by atoms with Gasteiger partial charge >= 0.3 is 0 Å². The number of aliphatic hydroxyl groups excluding tert-OH is 1. The molecule has 1 saturated carbocycles. The molecule has 0 aromatic carbocycles. The molecule has 0 saturated heterocycles. The topological polar surface area (TPSA) is 118 Å². The quantitative estimate of drug-likeness (QED) is 0.547. The summed E-state index contributed by atoms with van der Waals surface area (Å²) in [7, 11) is 0. The van der Waals surface area contributed by atoms with E-state index in [0.29, 0.717) is 29.7 Å². The van der Waals surface area contributed by atoms with E-state index >= 15 is 0 Å². The van der Waals surface area contributed by atoms with Crippen LogP contribution in [0.15, 0.2) is 37.1 Å². The summed E-state index contributed by atoms with van der Waals surface area (Å²) in [5.41, 5.74) is 2.26. The van der Waals surface area contributed by atoms with E-state index in [9.17, 15) is 14.3 Å². The molecule has 0 unspecified atom stereocenters. The third kappa shape index (κ3) is 4.13. The summed E-state index contributed by atoms with van der Waals surface area (Å²) in [6.45, 7) is 3.81. The van der Waals surface area contributed by atoms with Crippen molar-refractivity contribution >= 4 is 23.4 Å². The van der Waals surface area contributed by atoms with E-state index < -0.39 is 18.2 Å². The number of carbonyl (C=O) groups excluding carboxylic acids is 1. The van der Waals surface area contributed by atoms with E-state index in [4.69, 9.17) is 0 Å². The summed E-state index contributed by atoms with van der Waals surface area (Å²) in [5, 5.41) is 15.8. The number of halogens is 1. The van der Waals surface area contributed by atoms with Crippen LogP contribution >= 0.6 is 0 Å². The smallest absolute Gasteiger partial charge is 0.231 e. The normalized spacial score (nSPS) is 18.7. The molecule has 3 aromatic heterocycles. The van der Waals surface area contributed by atoms with Gasteiger partial charge in [0.2, 0.25) is 11.9 Å². The van der Waals surface area contributed by atoms with Crippen LogP contribution in [0.3, 0.4) is 0 Å². The number of amides is 1. The Morgan fingerprint density at radius 1 is 1.33 bits per heavy atom. The lowest BCUT2D eigenvalue weighted by Gasteiger charge is -2.14. The minimum absolute atomic E-state index is 0.251. The number of rotatable bonds is 7. The maximum Gasteiger partial charge on any atom is 0.231 e. The Bertz CT molecular complexity index is 1070. The van der Waals surface area contributed by atoms with Crippen molar-refractivity contribution in [3.63, 3.8) is 0 Å². The lowest BCUT2D eigenvalue weighted by molar-refractivity contribution is -0.117. The van der Waals surface area contributed by atoms with Crippen LogP contribution < -0.4 is 10.6 Å². The molecule has 3 N–H and O–H groups in total. The Balaban J connectivity index is 1.54. The van der Waals surface area contributed by atoms with E-state index in [-0.39, 0.29) is 12.3 Å². The number of carbonyl (C=O) groups is 1. The van der Waals surface area contributed by atoms with E-state index in [1.165, 1.54) is 6.33 Å². The van der Waals surface area contributed by atoms with Gasteiger partial charge in [-0.15, -0.1) is 0 Å².